The predicted octanol–water partition coefficient (Wildman–Crippen LogP) is 4.05. The Morgan fingerprint density at radius 2 is 1.82 bits per heavy atom. The Bertz CT molecular complexity index is 621. The summed E-state index contributed by atoms with van der Waals surface area (Å²) in [5.74, 6) is -0.0895. The van der Waals surface area contributed by atoms with Gasteiger partial charge < -0.3 is 15.1 Å². The van der Waals surface area contributed by atoms with Crippen LogP contribution in [0.15, 0.2) is 47.1 Å². The van der Waals surface area contributed by atoms with Crippen molar-refractivity contribution < 1.29 is 14.0 Å². The van der Waals surface area contributed by atoms with E-state index in [0.29, 0.717) is 17.8 Å². The summed E-state index contributed by atoms with van der Waals surface area (Å²) in [6, 6.07) is 10.3. The summed E-state index contributed by atoms with van der Waals surface area (Å²) >= 11 is 0. The van der Waals surface area contributed by atoms with E-state index < -0.39 is 0 Å². The summed E-state index contributed by atoms with van der Waals surface area (Å²) in [6.07, 6.45) is 4.98. The smallest absolute Gasteiger partial charge is 0.291 e. The molecule has 116 valence electrons. The lowest BCUT2D eigenvalue weighted by molar-refractivity contribution is -0.116. The van der Waals surface area contributed by atoms with Crippen molar-refractivity contribution in [2.24, 2.45) is 0 Å². The topological polar surface area (TPSA) is 71.3 Å². The lowest BCUT2D eigenvalue weighted by atomic mass is 10.2. The molecule has 0 atom stereocenters. The molecule has 0 unspecified atom stereocenters. The Morgan fingerprint density at radius 3 is 2.50 bits per heavy atom. The molecule has 2 amide bonds. The molecule has 5 heteroatoms. The van der Waals surface area contributed by atoms with Crippen LogP contribution in [0, 0.1) is 0 Å². The Balaban J connectivity index is 1.92. The third-order valence-electron chi connectivity index (χ3n) is 3.16. The fourth-order valence-corrected chi connectivity index (χ4v) is 2.03. The molecule has 2 rings (SSSR count). The fraction of sp³-hybridized carbons (Fsp3) is 0.294. The van der Waals surface area contributed by atoms with Crippen molar-refractivity contribution in [1.82, 2.24) is 0 Å². The highest BCUT2D eigenvalue weighted by Crippen LogP contribution is 2.17. The Hall–Kier alpha value is -2.56. The molecule has 0 fully saturated rings. The molecule has 0 saturated heterocycles. The van der Waals surface area contributed by atoms with Crippen LogP contribution in [0.2, 0.25) is 0 Å². The average Bonchev–Trinajstić information content (AvgIpc) is 3.02. The second-order valence-electron chi connectivity index (χ2n) is 5.02. The van der Waals surface area contributed by atoms with Gasteiger partial charge in [0.2, 0.25) is 5.91 Å². The molecule has 5 nitrogen and oxygen atoms in total. The first kappa shape index (κ1) is 15.8. The van der Waals surface area contributed by atoms with E-state index in [1.165, 1.54) is 6.26 Å². The highest BCUT2D eigenvalue weighted by Gasteiger charge is 2.09. The first-order valence-corrected chi connectivity index (χ1v) is 7.44. The third-order valence-corrected chi connectivity index (χ3v) is 3.16. The molecule has 22 heavy (non-hydrogen) atoms. The second-order valence-corrected chi connectivity index (χ2v) is 5.02. The van der Waals surface area contributed by atoms with Crippen molar-refractivity contribution in [3.8, 4) is 0 Å². The number of anilines is 2. The second kappa shape index (κ2) is 8.02. The van der Waals surface area contributed by atoms with E-state index in [1.807, 2.05) is 0 Å². The van der Waals surface area contributed by atoms with Crippen molar-refractivity contribution in [3.05, 3.63) is 48.4 Å². The molecule has 1 aromatic heterocycles. The van der Waals surface area contributed by atoms with Crippen LogP contribution in [0.4, 0.5) is 11.4 Å². The summed E-state index contributed by atoms with van der Waals surface area (Å²) in [5, 5.41) is 5.56. The minimum Gasteiger partial charge on any atom is -0.459 e. The van der Waals surface area contributed by atoms with E-state index in [-0.39, 0.29) is 17.6 Å². The van der Waals surface area contributed by atoms with Gasteiger partial charge in [-0.1, -0.05) is 25.8 Å². The minimum atomic E-state index is -0.323. The molecule has 2 N–H and O–H groups in total. The molecule has 0 radical (unpaired) electrons. The molecule has 1 aromatic carbocycles. The Morgan fingerprint density at radius 1 is 1.05 bits per heavy atom. The third kappa shape index (κ3) is 4.77. The SMILES string of the molecule is CCCCCC(=O)Nc1cccc(NC(=O)c2ccco2)c1. The van der Waals surface area contributed by atoms with Crippen LogP contribution in [0.5, 0.6) is 0 Å². The number of hydrogen-bond donors (Lipinski definition) is 2. The number of amides is 2. The number of benzene rings is 1. The molecule has 0 spiro atoms. The number of carbonyl (C=O) groups excluding carboxylic acids is 2. The van der Waals surface area contributed by atoms with Gasteiger partial charge in [0, 0.05) is 17.8 Å². The van der Waals surface area contributed by atoms with E-state index in [9.17, 15) is 9.59 Å². The van der Waals surface area contributed by atoms with Gasteiger partial charge in [-0.05, 0) is 36.8 Å². The van der Waals surface area contributed by atoms with E-state index >= 15 is 0 Å². The van der Waals surface area contributed by atoms with Gasteiger partial charge in [-0.2, -0.15) is 0 Å². The molecule has 0 bridgehead atoms. The van der Waals surface area contributed by atoms with E-state index in [4.69, 9.17) is 4.42 Å². The van der Waals surface area contributed by atoms with Gasteiger partial charge in [0.05, 0.1) is 6.26 Å². The highest BCUT2D eigenvalue weighted by atomic mass is 16.3. The molecule has 1 heterocycles. The summed E-state index contributed by atoms with van der Waals surface area (Å²) < 4.78 is 5.04. The number of carbonyl (C=O) groups is 2. The minimum absolute atomic E-state index is 0.0111. The highest BCUT2D eigenvalue weighted by molar-refractivity contribution is 6.02. The summed E-state index contributed by atoms with van der Waals surface area (Å²) in [4.78, 5) is 23.7. The monoisotopic (exact) mass is 300 g/mol. The van der Waals surface area contributed by atoms with Crippen molar-refractivity contribution in [3.63, 3.8) is 0 Å². The number of unbranched alkanes of at least 4 members (excludes halogenated alkanes) is 2. The van der Waals surface area contributed by atoms with Crippen LogP contribution in [0.3, 0.4) is 0 Å². The zero-order valence-corrected chi connectivity index (χ0v) is 12.6. The first-order chi connectivity index (χ1) is 10.7. The number of nitrogens with one attached hydrogen (secondary N) is 2. The number of hydrogen-bond acceptors (Lipinski definition) is 3. The summed E-state index contributed by atoms with van der Waals surface area (Å²) in [6.45, 7) is 2.10. The maximum atomic E-state index is 11.9. The zero-order valence-electron chi connectivity index (χ0n) is 12.6. The average molecular weight is 300 g/mol. The van der Waals surface area contributed by atoms with Gasteiger partial charge in [0.15, 0.2) is 5.76 Å². The summed E-state index contributed by atoms with van der Waals surface area (Å²) in [5.41, 5.74) is 1.27. The van der Waals surface area contributed by atoms with Crippen molar-refractivity contribution >= 4 is 23.2 Å². The maximum Gasteiger partial charge on any atom is 0.291 e. The van der Waals surface area contributed by atoms with E-state index in [2.05, 4.69) is 17.6 Å². The van der Waals surface area contributed by atoms with Crippen molar-refractivity contribution in [1.29, 1.82) is 0 Å². The normalized spacial score (nSPS) is 10.2. The molecular formula is C17H20N2O3. The lowest BCUT2D eigenvalue weighted by Gasteiger charge is -2.08. The molecule has 0 aliphatic rings. The molecular weight excluding hydrogens is 280 g/mol. The Labute approximate surface area is 129 Å². The van der Waals surface area contributed by atoms with Crippen LogP contribution in [0.25, 0.3) is 0 Å². The molecule has 0 aliphatic carbocycles. The van der Waals surface area contributed by atoms with E-state index in [1.54, 1.807) is 36.4 Å². The quantitative estimate of drug-likeness (QED) is 0.758. The lowest BCUT2D eigenvalue weighted by Crippen LogP contribution is -2.13. The van der Waals surface area contributed by atoms with Gasteiger partial charge in [-0.25, -0.2) is 0 Å². The van der Waals surface area contributed by atoms with Crippen molar-refractivity contribution in [2.75, 3.05) is 10.6 Å². The zero-order chi connectivity index (χ0) is 15.8. The van der Waals surface area contributed by atoms with Crippen LogP contribution < -0.4 is 10.6 Å². The predicted molar refractivity (Wildman–Crippen MR) is 85.9 cm³/mol. The van der Waals surface area contributed by atoms with Gasteiger partial charge >= 0.3 is 0 Å². The standard InChI is InChI=1S/C17H20N2O3/c1-2-3-4-10-16(20)18-13-7-5-8-14(12-13)19-17(21)15-9-6-11-22-15/h5-9,11-12H,2-4,10H2,1H3,(H,18,20)(H,19,21). The molecule has 0 saturated carbocycles. The summed E-state index contributed by atoms with van der Waals surface area (Å²) in [7, 11) is 0. The maximum absolute atomic E-state index is 11.9. The van der Waals surface area contributed by atoms with Crippen LogP contribution >= 0.6 is 0 Å². The largest absolute Gasteiger partial charge is 0.459 e. The number of furan rings is 1. The van der Waals surface area contributed by atoms with Gasteiger partial charge in [-0.3, -0.25) is 9.59 Å². The van der Waals surface area contributed by atoms with Gasteiger partial charge in [-0.15, -0.1) is 0 Å². The fourth-order valence-electron chi connectivity index (χ4n) is 2.03. The Kier molecular flexibility index (Phi) is 5.77. The van der Waals surface area contributed by atoms with Gasteiger partial charge in [0.25, 0.3) is 5.91 Å². The molecule has 2 aromatic rings. The van der Waals surface area contributed by atoms with Crippen molar-refractivity contribution in [2.45, 2.75) is 32.6 Å². The van der Waals surface area contributed by atoms with Crippen LogP contribution in [-0.2, 0) is 4.79 Å². The van der Waals surface area contributed by atoms with Crippen LogP contribution in [-0.4, -0.2) is 11.8 Å². The number of rotatable bonds is 7. The first-order valence-electron chi connectivity index (χ1n) is 7.44. The van der Waals surface area contributed by atoms with Crippen LogP contribution in [0.1, 0.15) is 43.2 Å². The molecule has 0 aliphatic heterocycles. The van der Waals surface area contributed by atoms with E-state index in [0.717, 1.165) is 19.3 Å². The van der Waals surface area contributed by atoms with Gasteiger partial charge in [0.1, 0.15) is 0 Å².